The standard InChI is InChI=1S/C8H10N2O4S/c1-15(13,14)8-4-5(2-6(9)11)3-7(12)10-8/h3-4H,2H2,1H3,(H2,9,11)(H,10,12). The molecule has 1 rings (SSSR count). The molecule has 3 N–H and O–H groups in total. The molecule has 0 saturated carbocycles. The Kier molecular flexibility index (Phi) is 2.94. The van der Waals surface area contributed by atoms with Crippen LogP contribution in [-0.2, 0) is 21.1 Å². The second-order valence-electron chi connectivity index (χ2n) is 3.13. The van der Waals surface area contributed by atoms with Gasteiger partial charge in [-0.15, -0.1) is 0 Å². The quantitative estimate of drug-likeness (QED) is 0.679. The zero-order chi connectivity index (χ0) is 11.6. The van der Waals surface area contributed by atoms with Crippen LogP contribution in [0.5, 0.6) is 0 Å². The third kappa shape index (κ3) is 3.21. The van der Waals surface area contributed by atoms with Gasteiger partial charge in [0.1, 0.15) is 5.03 Å². The Hall–Kier alpha value is -1.63. The summed E-state index contributed by atoms with van der Waals surface area (Å²) in [7, 11) is -3.49. The number of pyridine rings is 1. The molecular weight excluding hydrogens is 220 g/mol. The number of sulfone groups is 1. The highest BCUT2D eigenvalue weighted by Gasteiger charge is 2.10. The number of nitrogens with two attached hydrogens (primary N) is 1. The summed E-state index contributed by atoms with van der Waals surface area (Å²) in [5, 5.41) is -0.216. The minimum Gasteiger partial charge on any atom is -0.369 e. The first-order valence-electron chi connectivity index (χ1n) is 4.00. The smallest absolute Gasteiger partial charge is 0.249 e. The van der Waals surface area contributed by atoms with E-state index in [1.807, 2.05) is 0 Å². The molecule has 15 heavy (non-hydrogen) atoms. The topological polar surface area (TPSA) is 110 Å². The Labute approximate surface area is 86.0 Å². The van der Waals surface area contributed by atoms with E-state index < -0.39 is 21.3 Å². The Balaban J connectivity index is 3.29. The molecular formula is C8H10N2O4S. The maximum atomic E-state index is 11.1. The first-order valence-corrected chi connectivity index (χ1v) is 5.90. The lowest BCUT2D eigenvalue weighted by Crippen LogP contribution is -2.18. The number of H-pyrrole nitrogens is 1. The minimum absolute atomic E-state index is 0.160. The fraction of sp³-hybridized carbons (Fsp3) is 0.250. The molecule has 0 atom stereocenters. The molecule has 0 unspecified atom stereocenters. The fourth-order valence-electron chi connectivity index (χ4n) is 1.08. The number of hydrogen-bond donors (Lipinski definition) is 2. The van der Waals surface area contributed by atoms with E-state index in [1.54, 1.807) is 0 Å². The Morgan fingerprint density at radius 2 is 2.07 bits per heavy atom. The summed E-state index contributed by atoms with van der Waals surface area (Å²) < 4.78 is 22.3. The van der Waals surface area contributed by atoms with Gasteiger partial charge in [-0.2, -0.15) is 0 Å². The normalized spacial score (nSPS) is 11.3. The van der Waals surface area contributed by atoms with Crippen molar-refractivity contribution in [3.63, 3.8) is 0 Å². The maximum Gasteiger partial charge on any atom is 0.249 e. The van der Waals surface area contributed by atoms with Crippen LogP contribution in [0.4, 0.5) is 0 Å². The highest BCUT2D eigenvalue weighted by Crippen LogP contribution is 2.05. The van der Waals surface area contributed by atoms with Crippen LogP contribution in [-0.4, -0.2) is 25.6 Å². The number of aromatic nitrogens is 1. The third-order valence-electron chi connectivity index (χ3n) is 1.66. The van der Waals surface area contributed by atoms with Crippen molar-refractivity contribution in [1.82, 2.24) is 4.98 Å². The SMILES string of the molecule is CS(=O)(=O)c1cc(CC(N)=O)cc(=O)[nH]1. The summed E-state index contributed by atoms with van der Waals surface area (Å²) >= 11 is 0. The van der Waals surface area contributed by atoms with E-state index in [-0.39, 0.29) is 17.0 Å². The molecule has 1 aromatic rings. The second kappa shape index (κ2) is 3.85. The van der Waals surface area contributed by atoms with Crippen LogP contribution in [0.3, 0.4) is 0 Å². The van der Waals surface area contributed by atoms with Crippen LogP contribution >= 0.6 is 0 Å². The zero-order valence-electron chi connectivity index (χ0n) is 7.98. The van der Waals surface area contributed by atoms with Gasteiger partial charge in [0.05, 0.1) is 6.42 Å². The number of carbonyl (C=O) groups is 1. The molecule has 7 heteroatoms. The van der Waals surface area contributed by atoms with Gasteiger partial charge >= 0.3 is 0 Å². The molecule has 0 saturated heterocycles. The first-order chi connectivity index (χ1) is 6.79. The van der Waals surface area contributed by atoms with Gasteiger partial charge in [0.25, 0.3) is 0 Å². The van der Waals surface area contributed by atoms with Crippen LogP contribution in [0.25, 0.3) is 0 Å². The van der Waals surface area contributed by atoms with Gasteiger partial charge in [0.2, 0.25) is 11.5 Å². The van der Waals surface area contributed by atoms with E-state index in [0.717, 1.165) is 12.3 Å². The van der Waals surface area contributed by atoms with E-state index in [0.29, 0.717) is 0 Å². The summed E-state index contributed by atoms with van der Waals surface area (Å²) in [6, 6.07) is 2.36. The average molecular weight is 230 g/mol. The van der Waals surface area contributed by atoms with Gasteiger partial charge in [-0.25, -0.2) is 8.42 Å². The van der Waals surface area contributed by atoms with Gasteiger partial charge in [-0.1, -0.05) is 0 Å². The summed E-state index contributed by atoms with van der Waals surface area (Å²) in [6.07, 6.45) is 0.804. The van der Waals surface area contributed by atoms with Crippen LogP contribution in [0, 0.1) is 0 Å². The molecule has 0 bridgehead atoms. The average Bonchev–Trinajstić information content (AvgIpc) is 1.99. The highest BCUT2D eigenvalue weighted by atomic mass is 32.2. The van der Waals surface area contributed by atoms with Crippen molar-refractivity contribution in [2.45, 2.75) is 11.4 Å². The van der Waals surface area contributed by atoms with E-state index in [1.165, 1.54) is 6.07 Å². The molecule has 0 aliphatic carbocycles. The number of amides is 1. The molecule has 0 aliphatic rings. The molecule has 1 amide bonds. The molecule has 0 aliphatic heterocycles. The van der Waals surface area contributed by atoms with Crippen molar-refractivity contribution in [2.24, 2.45) is 5.73 Å². The first kappa shape index (κ1) is 11.4. The van der Waals surface area contributed by atoms with Crippen molar-refractivity contribution < 1.29 is 13.2 Å². The number of primary amides is 1. The van der Waals surface area contributed by atoms with Crippen LogP contribution < -0.4 is 11.3 Å². The summed E-state index contributed by atoms with van der Waals surface area (Å²) in [5.41, 5.74) is 4.64. The van der Waals surface area contributed by atoms with E-state index in [4.69, 9.17) is 5.73 Å². The van der Waals surface area contributed by atoms with Crippen molar-refractivity contribution in [2.75, 3.05) is 6.26 Å². The number of nitrogens with one attached hydrogen (secondary N) is 1. The van der Waals surface area contributed by atoms with E-state index in [2.05, 4.69) is 4.98 Å². The second-order valence-corrected chi connectivity index (χ2v) is 5.12. The third-order valence-corrected chi connectivity index (χ3v) is 2.68. The molecule has 1 heterocycles. The molecule has 1 aromatic heterocycles. The lowest BCUT2D eigenvalue weighted by molar-refractivity contribution is -0.117. The minimum atomic E-state index is -3.49. The zero-order valence-corrected chi connectivity index (χ0v) is 8.80. The Bertz CT molecular complexity index is 544. The monoisotopic (exact) mass is 230 g/mol. The van der Waals surface area contributed by atoms with Crippen LogP contribution in [0.15, 0.2) is 22.0 Å². The van der Waals surface area contributed by atoms with Crippen LogP contribution in [0.2, 0.25) is 0 Å². The number of hydrogen-bond acceptors (Lipinski definition) is 4. The van der Waals surface area contributed by atoms with Gasteiger partial charge in [0, 0.05) is 12.3 Å². The van der Waals surface area contributed by atoms with Gasteiger partial charge in [-0.05, 0) is 11.6 Å². The summed E-state index contributed by atoms with van der Waals surface area (Å²) in [4.78, 5) is 23.8. The number of carbonyl (C=O) groups excluding carboxylic acids is 1. The fourth-order valence-corrected chi connectivity index (χ4v) is 1.73. The van der Waals surface area contributed by atoms with Crippen molar-refractivity contribution >= 4 is 15.7 Å². The predicted octanol–water partition coefficient (Wildman–Crippen LogP) is -1.19. The van der Waals surface area contributed by atoms with Gasteiger partial charge < -0.3 is 10.7 Å². The van der Waals surface area contributed by atoms with E-state index in [9.17, 15) is 18.0 Å². The van der Waals surface area contributed by atoms with Crippen molar-refractivity contribution in [3.8, 4) is 0 Å². The molecule has 0 fully saturated rings. The van der Waals surface area contributed by atoms with Gasteiger partial charge in [0.15, 0.2) is 9.84 Å². The van der Waals surface area contributed by atoms with Gasteiger partial charge in [-0.3, -0.25) is 9.59 Å². The lowest BCUT2D eigenvalue weighted by atomic mass is 10.2. The summed E-state index contributed by atoms with van der Waals surface area (Å²) in [5.74, 6) is -0.625. The largest absolute Gasteiger partial charge is 0.369 e. The van der Waals surface area contributed by atoms with Crippen LogP contribution in [0.1, 0.15) is 5.56 Å². The molecule has 82 valence electrons. The maximum absolute atomic E-state index is 11.1. The highest BCUT2D eigenvalue weighted by molar-refractivity contribution is 7.90. The predicted molar refractivity (Wildman–Crippen MR) is 53.1 cm³/mol. The van der Waals surface area contributed by atoms with Crippen molar-refractivity contribution in [3.05, 3.63) is 28.0 Å². The van der Waals surface area contributed by atoms with Crippen molar-refractivity contribution in [1.29, 1.82) is 0 Å². The lowest BCUT2D eigenvalue weighted by Gasteiger charge is -2.01. The molecule has 0 spiro atoms. The Morgan fingerprint density at radius 3 is 2.53 bits per heavy atom. The molecule has 6 nitrogen and oxygen atoms in total. The number of aromatic amines is 1. The molecule has 0 aromatic carbocycles. The molecule has 0 radical (unpaired) electrons. The summed E-state index contributed by atoms with van der Waals surface area (Å²) in [6.45, 7) is 0. The van der Waals surface area contributed by atoms with E-state index >= 15 is 0 Å². The Morgan fingerprint density at radius 1 is 1.47 bits per heavy atom. The number of rotatable bonds is 3.